The number of para-hydroxylation sites is 1. The maximum Gasteiger partial charge on any atom is 0.244 e. The van der Waals surface area contributed by atoms with Crippen LogP contribution in [0.4, 0.5) is 0 Å². The largest absolute Gasteiger partial charge is 0.346 e. The molecule has 0 radical (unpaired) electrons. The second-order valence-electron chi connectivity index (χ2n) is 5.80. The van der Waals surface area contributed by atoms with Crippen molar-refractivity contribution < 1.29 is 4.79 Å². The molecule has 1 aliphatic carbocycles. The van der Waals surface area contributed by atoms with E-state index in [1.54, 1.807) is 23.5 Å². The molecule has 5 heteroatoms. The van der Waals surface area contributed by atoms with Crippen LogP contribution in [0.3, 0.4) is 0 Å². The van der Waals surface area contributed by atoms with E-state index in [1.165, 1.54) is 11.1 Å². The molecule has 0 saturated heterocycles. The van der Waals surface area contributed by atoms with Crippen molar-refractivity contribution in [2.75, 3.05) is 0 Å². The third kappa shape index (κ3) is 3.07. The number of nitrogens with zero attached hydrogens (tertiary/aromatic N) is 1. The number of aromatic nitrogens is 1. The number of nitrogens with one attached hydrogen (secondary N) is 1. The average molecular weight is 355 g/mol. The molecule has 3 nitrogen and oxygen atoms in total. The Morgan fingerprint density at radius 2 is 2.17 bits per heavy atom. The van der Waals surface area contributed by atoms with Crippen molar-refractivity contribution in [1.29, 1.82) is 0 Å². The van der Waals surface area contributed by atoms with Crippen molar-refractivity contribution >= 4 is 45.1 Å². The molecular formula is C19H15ClN2OS. The zero-order valence-electron chi connectivity index (χ0n) is 12.8. The summed E-state index contributed by atoms with van der Waals surface area (Å²) in [5, 5.41) is 4.65. The molecule has 1 aromatic heterocycles. The first-order valence-electron chi connectivity index (χ1n) is 7.81. The third-order valence-corrected chi connectivity index (χ3v) is 5.42. The average Bonchev–Trinajstić information content (AvgIpc) is 3.16. The Morgan fingerprint density at radius 1 is 1.29 bits per heavy atom. The predicted molar refractivity (Wildman–Crippen MR) is 99.3 cm³/mol. The summed E-state index contributed by atoms with van der Waals surface area (Å²) in [4.78, 5) is 16.7. The van der Waals surface area contributed by atoms with Crippen molar-refractivity contribution in [2.45, 2.75) is 18.9 Å². The zero-order valence-corrected chi connectivity index (χ0v) is 14.4. The van der Waals surface area contributed by atoms with Crippen molar-refractivity contribution in [2.24, 2.45) is 0 Å². The van der Waals surface area contributed by atoms with Gasteiger partial charge in [0.15, 0.2) is 0 Å². The summed E-state index contributed by atoms with van der Waals surface area (Å²) in [7, 11) is 0. The monoisotopic (exact) mass is 354 g/mol. The molecule has 0 spiro atoms. The molecule has 2 aromatic carbocycles. The Kier molecular flexibility index (Phi) is 4.08. The summed E-state index contributed by atoms with van der Waals surface area (Å²) in [6.45, 7) is 0. The van der Waals surface area contributed by atoms with Crippen LogP contribution in [0.25, 0.3) is 16.3 Å². The first-order chi connectivity index (χ1) is 11.7. The lowest BCUT2D eigenvalue weighted by Crippen LogP contribution is -2.25. The molecule has 0 aliphatic heterocycles. The number of carbonyl (C=O) groups excluding carboxylic acids is 1. The molecule has 0 bridgehead atoms. The van der Waals surface area contributed by atoms with Crippen LogP contribution in [0.1, 0.15) is 28.6 Å². The van der Waals surface area contributed by atoms with Crippen LogP contribution in [0, 0.1) is 0 Å². The van der Waals surface area contributed by atoms with Gasteiger partial charge in [-0.05, 0) is 54.3 Å². The highest BCUT2D eigenvalue weighted by Crippen LogP contribution is 2.32. The fourth-order valence-electron chi connectivity index (χ4n) is 3.06. The van der Waals surface area contributed by atoms with E-state index in [1.807, 2.05) is 42.5 Å². The Balaban J connectivity index is 1.46. The second kappa shape index (κ2) is 6.38. The molecule has 1 unspecified atom stereocenters. The number of thiazole rings is 1. The van der Waals surface area contributed by atoms with Gasteiger partial charge < -0.3 is 5.32 Å². The Labute approximate surface area is 149 Å². The molecule has 1 atom stereocenters. The number of aryl methyl sites for hydroxylation is 1. The van der Waals surface area contributed by atoms with Crippen molar-refractivity contribution in [1.82, 2.24) is 10.3 Å². The van der Waals surface area contributed by atoms with Gasteiger partial charge in [0, 0.05) is 11.1 Å². The van der Waals surface area contributed by atoms with Gasteiger partial charge in [-0.25, -0.2) is 4.98 Å². The van der Waals surface area contributed by atoms with Gasteiger partial charge in [-0.2, -0.15) is 0 Å². The standard InChI is InChI=1S/C19H15ClN2OS/c20-13-6-7-14-12(11-13)5-8-15(14)21-18(23)9-10-19-22-16-3-1-2-4-17(16)24-19/h1-4,6-7,9-11,15H,5,8H2,(H,21,23)/b10-9+. The maximum absolute atomic E-state index is 12.2. The quantitative estimate of drug-likeness (QED) is 0.688. The number of rotatable bonds is 3. The number of fused-ring (bicyclic) bond motifs is 2. The fraction of sp³-hybridized carbons (Fsp3) is 0.158. The first kappa shape index (κ1) is 15.4. The molecule has 1 amide bonds. The Bertz CT molecular complexity index is 914. The maximum atomic E-state index is 12.2. The lowest BCUT2D eigenvalue weighted by Gasteiger charge is -2.12. The van der Waals surface area contributed by atoms with E-state index in [2.05, 4.69) is 10.3 Å². The molecule has 3 aromatic rings. The van der Waals surface area contributed by atoms with Gasteiger partial charge >= 0.3 is 0 Å². The second-order valence-corrected chi connectivity index (χ2v) is 7.29. The lowest BCUT2D eigenvalue weighted by atomic mass is 10.1. The lowest BCUT2D eigenvalue weighted by molar-refractivity contribution is -0.117. The van der Waals surface area contributed by atoms with E-state index in [0.29, 0.717) is 0 Å². The van der Waals surface area contributed by atoms with Crippen LogP contribution in [0.15, 0.2) is 48.5 Å². The number of hydrogen-bond acceptors (Lipinski definition) is 3. The highest BCUT2D eigenvalue weighted by atomic mass is 35.5. The van der Waals surface area contributed by atoms with E-state index < -0.39 is 0 Å². The number of benzene rings is 2. The number of halogens is 1. The normalized spacial score (nSPS) is 16.6. The van der Waals surface area contributed by atoms with Crippen LogP contribution < -0.4 is 5.32 Å². The van der Waals surface area contributed by atoms with Crippen LogP contribution in [-0.2, 0) is 11.2 Å². The topological polar surface area (TPSA) is 42.0 Å². The van der Waals surface area contributed by atoms with Crippen molar-refractivity contribution in [3.05, 3.63) is 69.7 Å². The van der Waals surface area contributed by atoms with Gasteiger partial charge in [-0.1, -0.05) is 29.8 Å². The van der Waals surface area contributed by atoms with Gasteiger partial charge in [0.2, 0.25) is 5.91 Å². The molecule has 1 heterocycles. The van der Waals surface area contributed by atoms with E-state index in [9.17, 15) is 4.79 Å². The highest BCUT2D eigenvalue weighted by Gasteiger charge is 2.23. The van der Waals surface area contributed by atoms with Crippen LogP contribution in [0.2, 0.25) is 5.02 Å². The minimum atomic E-state index is -0.0953. The molecule has 120 valence electrons. The summed E-state index contributed by atoms with van der Waals surface area (Å²) >= 11 is 7.60. The first-order valence-corrected chi connectivity index (χ1v) is 9.01. The molecule has 0 fully saturated rings. The summed E-state index contributed by atoms with van der Waals surface area (Å²) < 4.78 is 1.12. The van der Waals surface area contributed by atoms with Gasteiger partial charge in [0.1, 0.15) is 5.01 Å². The van der Waals surface area contributed by atoms with Crippen molar-refractivity contribution in [3.63, 3.8) is 0 Å². The summed E-state index contributed by atoms with van der Waals surface area (Å²) in [6.07, 6.45) is 5.20. The van der Waals surface area contributed by atoms with Crippen LogP contribution in [0.5, 0.6) is 0 Å². The zero-order chi connectivity index (χ0) is 16.5. The van der Waals surface area contributed by atoms with Crippen LogP contribution >= 0.6 is 22.9 Å². The Hall–Kier alpha value is -2.17. The summed E-state index contributed by atoms with van der Waals surface area (Å²) in [5.74, 6) is -0.0953. The molecule has 0 saturated carbocycles. The number of amides is 1. The van der Waals surface area contributed by atoms with Gasteiger partial charge in [-0.15, -0.1) is 11.3 Å². The molecule has 4 rings (SSSR count). The van der Waals surface area contributed by atoms with Crippen LogP contribution in [-0.4, -0.2) is 10.9 Å². The molecule has 1 N–H and O–H groups in total. The van der Waals surface area contributed by atoms with Crippen molar-refractivity contribution in [3.8, 4) is 0 Å². The molecular weight excluding hydrogens is 340 g/mol. The van der Waals surface area contributed by atoms with E-state index in [-0.39, 0.29) is 11.9 Å². The highest BCUT2D eigenvalue weighted by molar-refractivity contribution is 7.19. The van der Waals surface area contributed by atoms with Gasteiger partial charge in [0.25, 0.3) is 0 Å². The third-order valence-electron chi connectivity index (χ3n) is 4.19. The number of carbonyl (C=O) groups is 1. The smallest absolute Gasteiger partial charge is 0.244 e. The van der Waals surface area contributed by atoms with E-state index in [4.69, 9.17) is 11.6 Å². The van der Waals surface area contributed by atoms with Gasteiger partial charge in [0.05, 0.1) is 16.3 Å². The fourth-order valence-corrected chi connectivity index (χ4v) is 4.13. The molecule has 24 heavy (non-hydrogen) atoms. The summed E-state index contributed by atoms with van der Waals surface area (Å²) in [5.41, 5.74) is 3.35. The summed E-state index contributed by atoms with van der Waals surface area (Å²) in [6, 6.07) is 13.9. The predicted octanol–water partition coefficient (Wildman–Crippen LogP) is 4.77. The molecule has 1 aliphatic rings. The minimum absolute atomic E-state index is 0.0600. The Morgan fingerprint density at radius 3 is 3.04 bits per heavy atom. The SMILES string of the molecule is O=C(/C=C/c1nc2ccccc2s1)NC1CCc2cc(Cl)ccc21. The number of hydrogen-bond donors (Lipinski definition) is 1. The minimum Gasteiger partial charge on any atom is -0.346 e. The van der Waals surface area contributed by atoms with E-state index in [0.717, 1.165) is 33.1 Å². The van der Waals surface area contributed by atoms with Gasteiger partial charge in [-0.3, -0.25) is 4.79 Å². The van der Waals surface area contributed by atoms with E-state index >= 15 is 0 Å².